The van der Waals surface area contributed by atoms with Crippen molar-refractivity contribution in [1.82, 2.24) is 30.1 Å². The van der Waals surface area contributed by atoms with Crippen LogP contribution in [0.3, 0.4) is 0 Å². The van der Waals surface area contributed by atoms with Crippen molar-refractivity contribution in [3.63, 3.8) is 0 Å². The number of nitrogen functional groups attached to an aromatic ring is 3. The van der Waals surface area contributed by atoms with E-state index in [-0.39, 0.29) is 42.3 Å². The maximum Gasteiger partial charge on any atom is 0.412 e. The number of hydrogen-bond acceptors (Lipinski definition) is 19. The summed E-state index contributed by atoms with van der Waals surface area (Å²) >= 11 is 0. The standard InChI is InChI=1S/C32H34N4O3.C27H26N4O.C19H23N3O4.C17H20N2O2/c1-32(2,3)39-31(38)36-15-13-35(14-16-36)27-11-9-24-19-29(34-21-26(24)18-27)30(37)20-25-17-23(10-12-28(25)33)22-7-5-4-6-8-22;28-25-9-7-20(19-4-2-1-3-5-19)14-22(25)17-27(32)26-16-21-6-8-24(15-23(21)18-30-26)31-12-10-29-11-13-31;1-19(2,3)26-18(25)22-8-6-21(7-9-22)15-5-4-13-11-16(17(23)24)20-12-14(13)10-15;1-17(2,3)21-16(20)19-15-10-9-13(11-14(15)18)12-7-5-4-6-8-12/h4-12,17-19,21H,13-16,20,33H2,1-3H3;1-9,14-16,18,29H,10-13,17,28H2;4-5,10-12H,6-9H2,1-3H3,(H,23,24);4-11H,18H2,1-3H3,(H,19,20). The lowest BCUT2D eigenvalue weighted by molar-refractivity contribution is 0.0230. The number of benzene rings is 9. The fourth-order valence-corrected chi connectivity index (χ4v) is 13.8. The van der Waals surface area contributed by atoms with Crippen molar-refractivity contribution < 1.29 is 48.1 Å². The van der Waals surface area contributed by atoms with Crippen molar-refractivity contribution in [3.05, 3.63) is 265 Å². The Bertz CT molecular complexity index is 5570. The number of pyridine rings is 3. The van der Waals surface area contributed by atoms with Crippen LogP contribution in [0.15, 0.2) is 237 Å². The minimum atomic E-state index is -1.03. The number of carboxylic acids is 1. The van der Waals surface area contributed by atoms with Crippen LogP contribution in [0.25, 0.3) is 65.7 Å². The first-order chi connectivity index (χ1) is 56.4. The first-order valence-electron chi connectivity index (χ1n) is 39.6. The molecule has 0 radical (unpaired) electrons. The summed E-state index contributed by atoms with van der Waals surface area (Å²) in [6, 6.07) is 71.0. The molecule has 9 aromatic carbocycles. The summed E-state index contributed by atoms with van der Waals surface area (Å²) in [6.45, 7) is 25.9. The van der Waals surface area contributed by atoms with Gasteiger partial charge in [-0.2, -0.15) is 0 Å². The van der Waals surface area contributed by atoms with Gasteiger partial charge in [-0.05, 0) is 214 Å². The number of Topliss-reactive ketones (excluding diaryl/α,β-unsaturated/α-hetero) is 2. The van der Waals surface area contributed by atoms with Crippen LogP contribution >= 0.6 is 0 Å². The summed E-state index contributed by atoms with van der Waals surface area (Å²) in [5.41, 5.74) is 31.3. The van der Waals surface area contributed by atoms with E-state index in [4.69, 9.17) is 36.5 Å². The molecule has 3 aliphatic heterocycles. The van der Waals surface area contributed by atoms with Gasteiger partial charge in [0.1, 0.15) is 33.9 Å². The monoisotopic (exact) mass is 1590 g/mol. The van der Waals surface area contributed by atoms with E-state index >= 15 is 0 Å². The van der Waals surface area contributed by atoms with Gasteiger partial charge < -0.3 is 66.3 Å². The van der Waals surface area contributed by atoms with Gasteiger partial charge in [0.05, 0.1) is 11.4 Å². The number of nitrogens with two attached hydrogens (primary N) is 3. The topological polar surface area (TPSA) is 307 Å². The SMILES string of the molecule is CC(C)(C)OC(=O)N1CCN(c2ccc3cc(C(=O)Cc4cc(-c5ccccc5)ccc4N)ncc3c2)CC1.CC(C)(C)OC(=O)N1CCN(c2ccc3cc(C(=O)O)ncc3c2)CC1.CC(C)(C)OC(=O)Nc1ccc(-c2ccccc2)cc1N.Nc1ccc(-c2ccccc2)cc1CC(=O)c1cc2ccc(N3CCNCC3)cc2cn1. The molecule has 12 aromatic rings. The number of fused-ring (bicyclic) bond motifs is 3. The predicted molar refractivity (Wildman–Crippen MR) is 472 cm³/mol. The summed E-state index contributed by atoms with van der Waals surface area (Å²) < 4.78 is 16.1. The number of hydrogen-bond donors (Lipinski definition) is 6. The molecular weight excluding hydrogens is 1480 g/mol. The van der Waals surface area contributed by atoms with Crippen molar-refractivity contribution in [2.75, 3.05) is 116 Å². The summed E-state index contributed by atoms with van der Waals surface area (Å²) in [6.07, 6.45) is 4.50. The summed E-state index contributed by atoms with van der Waals surface area (Å²) in [7, 11) is 0. The van der Waals surface area contributed by atoms with Gasteiger partial charge in [-0.25, -0.2) is 24.2 Å². The maximum atomic E-state index is 13.2. The fraction of sp³-hybridized carbons (Fsp3) is 0.274. The Morgan fingerprint density at radius 3 is 1.08 bits per heavy atom. The highest BCUT2D eigenvalue weighted by molar-refractivity contribution is 6.02. The molecule has 3 fully saturated rings. The molecule has 118 heavy (non-hydrogen) atoms. The fourth-order valence-electron chi connectivity index (χ4n) is 13.8. The summed E-state index contributed by atoms with van der Waals surface area (Å²) in [4.78, 5) is 96.8. The smallest absolute Gasteiger partial charge is 0.412 e. The van der Waals surface area contributed by atoms with Gasteiger partial charge in [0.2, 0.25) is 0 Å². The third kappa shape index (κ3) is 23.0. The normalized spacial score (nSPS) is 13.7. The molecule has 0 spiro atoms. The van der Waals surface area contributed by atoms with Gasteiger partial charge in [0.25, 0.3) is 0 Å². The molecule has 3 saturated heterocycles. The molecule has 23 heteroatoms. The highest BCUT2D eigenvalue weighted by Gasteiger charge is 2.29. The zero-order chi connectivity index (χ0) is 83.8. The molecule has 3 aliphatic rings. The van der Waals surface area contributed by atoms with Gasteiger partial charge in [-0.3, -0.25) is 24.9 Å². The van der Waals surface area contributed by atoms with Gasteiger partial charge in [0, 0.05) is 155 Å². The number of nitrogens with one attached hydrogen (secondary N) is 2. The Labute approximate surface area is 688 Å². The lowest BCUT2D eigenvalue weighted by atomic mass is 9.98. The van der Waals surface area contributed by atoms with E-state index in [9.17, 15) is 28.8 Å². The zero-order valence-corrected chi connectivity index (χ0v) is 68.3. The third-order valence-corrected chi connectivity index (χ3v) is 20.0. The number of carbonyl (C=O) groups is 6. The Kier molecular flexibility index (Phi) is 26.7. The Morgan fingerprint density at radius 1 is 0.373 bits per heavy atom. The van der Waals surface area contributed by atoms with E-state index in [0.717, 1.165) is 127 Å². The van der Waals surface area contributed by atoms with Crippen LogP contribution in [0.1, 0.15) is 105 Å². The predicted octanol–water partition coefficient (Wildman–Crippen LogP) is 17.6. The maximum absolute atomic E-state index is 13.2. The number of anilines is 7. The minimum absolute atomic E-state index is 0.0324. The van der Waals surface area contributed by atoms with E-state index in [0.29, 0.717) is 73.4 Å². The van der Waals surface area contributed by atoms with Gasteiger partial charge in [0.15, 0.2) is 11.6 Å². The van der Waals surface area contributed by atoms with Crippen molar-refractivity contribution in [2.45, 2.75) is 92.0 Å². The molecule has 3 aromatic heterocycles. The second-order valence-corrected chi connectivity index (χ2v) is 32.3. The number of carboxylic acid groups (broad SMARTS) is 1. The van der Waals surface area contributed by atoms with Gasteiger partial charge >= 0.3 is 24.2 Å². The number of piperazine rings is 3. The number of carbonyl (C=O) groups excluding carboxylic acids is 5. The van der Waals surface area contributed by atoms with E-state index in [1.807, 2.05) is 226 Å². The lowest BCUT2D eigenvalue weighted by Gasteiger charge is -2.36. The first kappa shape index (κ1) is 84.0. The number of aromatic nitrogens is 3. The average Bonchev–Trinajstić information content (AvgIpc) is 0.811. The van der Waals surface area contributed by atoms with E-state index < -0.39 is 28.9 Å². The van der Waals surface area contributed by atoms with Crippen molar-refractivity contribution >= 4 is 108 Å². The summed E-state index contributed by atoms with van der Waals surface area (Å²) in [5, 5.41) is 20.8. The first-order valence-corrected chi connectivity index (χ1v) is 39.6. The lowest BCUT2D eigenvalue weighted by Crippen LogP contribution is -2.50. The Morgan fingerprint density at radius 2 is 0.720 bits per heavy atom. The second-order valence-electron chi connectivity index (χ2n) is 32.3. The molecule has 15 rings (SSSR count). The number of nitrogens with zero attached hydrogens (tertiary/aromatic N) is 8. The van der Waals surface area contributed by atoms with Crippen LogP contribution in [-0.2, 0) is 27.1 Å². The molecule has 23 nitrogen and oxygen atoms in total. The summed E-state index contributed by atoms with van der Waals surface area (Å²) in [5.74, 6) is -1.14. The number of aromatic carboxylic acids is 1. The molecule has 0 unspecified atom stereocenters. The van der Waals surface area contributed by atoms with Crippen LogP contribution in [-0.4, -0.2) is 161 Å². The molecule has 9 N–H and O–H groups in total. The van der Waals surface area contributed by atoms with E-state index in [2.05, 4.69) is 82.7 Å². The Balaban J connectivity index is 0.000000148. The largest absolute Gasteiger partial charge is 0.477 e. The third-order valence-electron chi connectivity index (χ3n) is 20.0. The van der Waals surface area contributed by atoms with Crippen LogP contribution in [0.4, 0.5) is 54.2 Å². The molecule has 0 atom stereocenters. The molecule has 6 heterocycles. The van der Waals surface area contributed by atoms with Gasteiger partial charge in [-0.15, -0.1) is 0 Å². The molecule has 0 aliphatic carbocycles. The van der Waals surface area contributed by atoms with Crippen molar-refractivity contribution in [1.29, 1.82) is 0 Å². The quantitative estimate of drug-likeness (QED) is 0.0335. The molecule has 3 amide bonds. The second kappa shape index (κ2) is 37.5. The average molecular weight is 1590 g/mol. The van der Waals surface area contributed by atoms with Crippen molar-refractivity contribution in [2.24, 2.45) is 0 Å². The van der Waals surface area contributed by atoms with Crippen molar-refractivity contribution in [3.8, 4) is 33.4 Å². The van der Waals surface area contributed by atoms with Crippen LogP contribution in [0, 0.1) is 0 Å². The molecule has 0 saturated carbocycles. The van der Waals surface area contributed by atoms with Crippen LogP contribution < -0.4 is 42.5 Å². The van der Waals surface area contributed by atoms with E-state index in [1.54, 1.807) is 40.5 Å². The number of amides is 3. The highest BCUT2D eigenvalue weighted by Crippen LogP contribution is 2.33. The van der Waals surface area contributed by atoms with E-state index in [1.165, 1.54) is 5.69 Å². The zero-order valence-electron chi connectivity index (χ0n) is 68.3. The molecular formula is C95H103N13O10. The van der Waals surface area contributed by atoms with Crippen LogP contribution in [0.2, 0.25) is 0 Å². The van der Waals surface area contributed by atoms with Gasteiger partial charge in [-0.1, -0.05) is 127 Å². The molecule has 0 bridgehead atoms. The highest BCUT2D eigenvalue weighted by atomic mass is 16.6. The minimum Gasteiger partial charge on any atom is -0.477 e. The number of ether oxygens (including phenoxy) is 3. The number of rotatable bonds is 14. The molecule has 608 valence electrons. The number of ketones is 2. The van der Waals surface area contributed by atoms with Crippen LogP contribution in [0.5, 0.6) is 0 Å². The Hall–Kier alpha value is -13.4.